The molecule has 4 rings (SSSR count). The molecule has 2 saturated heterocycles. The Bertz CT molecular complexity index is 830. The number of piperazine rings is 1. The summed E-state index contributed by atoms with van der Waals surface area (Å²) in [6.45, 7) is 2.92. The predicted molar refractivity (Wildman–Crippen MR) is 112 cm³/mol. The summed E-state index contributed by atoms with van der Waals surface area (Å²) in [5.74, 6) is -0.0256. The van der Waals surface area contributed by atoms with Crippen LogP contribution in [0.2, 0.25) is 0 Å². The van der Waals surface area contributed by atoms with Gasteiger partial charge in [-0.25, -0.2) is 0 Å². The monoisotopic (exact) mass is 411 g/mol. The van der Waals surface area contributed by atoms with Gasteiger partial charge in [0.1, 0.15) is 11.9 Å². The minimum atomic E-state index is -1.19. The third-order valence-corrected chi connectivity index (χ3v) is 6.78. The topological polar surface area (TPSA) is 60.9 Å². The Labute approximate surface area is 173 Å². The van der Waals surface area contributed by atoms with Crippen molar-refractivity contribution in [2.75, 3.05) is 37.8 Å². The molecule has 0 aliphatic carbocycles. The number of hydrogen-bond acceptors (Lipinski definition) is 5. The van der Waals surface area contributed by atoms with Gasteiger partial charge in [-0.15, -0.1) is 0 Å². The van der Waals surface area contributed by atoms with Crippen molar-refractivity contribution in [2.24, 2.45) is 0 Å². The van der Waals surface area contributed by atoms with E-state index in [4.69, 9.17) is 0 Å². The smallest absolute Gasteiger partial charge is 0.237 e. The molecule has 0 radical (unpaired) electrons. The molecule has 2 aromatic rings. The van der Waals surface area contributed by atoms with Crippen molar-refractivity contribution in [2.45, 2.75) is 12.2 Å². The van der Waals surface area contributed by atoms with Crippen molar-refractivity contribution in [3.8, 4) is 0 Å². The lowest BCUT2D eigenvalue weighted by Gasteiger charge is -2.43. The molecule has 2 aliphatic heterocycles. The third-order valence-electron chi connectivity index (χ3n) is 5.65. The number of rotatable bonds is 6. The molecule has 0 bridgehead atoms. The van der Waals surface area contributed by atoms with Gasteiger partial charge in [0.25, 0.3) is 0 Å². The standard InChI is InChI=1S/C22H25N3O3S/c26-15-20(25-17-29(28)16-21(25)27)23-11-13-24(14-12-23)22(18-7-3-1-4-8-18)19-9-5-2-6-10-19/h1-10,15,20,22H,11-14,16-17H2. The molecule has 152 valence electrons. The lowest BCUT2D eigenvalue weighted by Crippen LogP contribution is -2.57. The first-order chi connectivity index (χ1) is 14.2. The molecule has 2 fully saturated rings. The van der Waals surface area contributed by atoms with Crippen LogP contribution in [0.3, 0.4) is 0 Å². The van der Waals surface area contributed by atoms with Crippen molar-refractivity contribution in [3.05, 3.63) is 71.8 Å². The normalized spacial score (nSPS) is 22.2. The molecule has 0 saturated carbocycles. The van der Waals surface area contributed by atoms with E-state index in [-0.39, 0.29) is 23.6 Å². The highest BCUT2D eigenvalue weighted by molar-refractivity contribution is 7.86. The largest absolute Gasteiger partial charge is 0.307 e. The Morgan fingerprint density at radius 3 is 1.79 bits per heavy atom. The Kier molecular flexibility index (Phi) is 6.18. The number of benzene rings is 2. The van der Waals surface area contributed by atoms with Crippen LogP contribution in [0.4, 0.5) is 0 Å². The lowest BCUT2D eigenvalue weighted by molar-refractivity contribution is -0.138. The minimum absolute atomic E-state index is 0.0222. The van der Waals surface area contributed by atoms with E-state index in [9.17, 15) is 13.8 Å². The fraction of sp³-hybridized carbons (Fsp3) is 0.364. The molecule has 2 heterocycles. The average Bonchev–Trinajstić information content (AvgIpc) is 3.09. The summed E-state index contributed by atoms with van der Waals surface area (Å²) in [7, 11) is -1.19. The predicted octanol–water partition coefficient (Wildman–Crippen LogP) is 1.47. The average molecular weight is 412 g/mol. The number of carbonyl (C=O) groups excluding carboxylic acids is 2. The van der Waals surface area contributed by atoms with Crippen LogP contribution < -0.4 is 0 Å². The van der Waals surface area contributed by atoms with Gasteiger partial charge < -0.3 is 4.90 Å². The summed E-state index contributed by atoms with van der Waals surface area (Å²) in [5, 5.41) is 0. The van der Waals surface area contributed by atoms with Gasteiger partial charge in [0.15, 0.2) is 6.29 Å². The van der Waals surface area contributed by atoms with Crippen molar-refractivity contribution >= 4 is 23.0 Å². The zero-order valence-corrected chi connectivity index (χ0v) is 17.0. The minimum Gasteiger partial charge on any atom is -0.307 e. The molecule has 2 aliphatic rings. The maximum atomic E-state index is 12.1. The molecule has 2 aromatic carbocycles. The zero-order valence-electron chi connectivity index (χ0n) is 16.2. The van der Waals surface area contributed by atoms with Crippen molar-refractivity contribution in [3.63, 3.8) is 0 Å². The van der Waals surface area contributed by atoms with Crippen LogP contribution in [0.15, 0.2) is 60.7 Å². The maximum absolute atomic E-state index is 12.1. The van der Waals surface area contributed by atoms with E-state index in [0.29, 0.717) is 13.1 Å². The van der Waals surface area contributed by atoms with Crippen LogP contribution in [0.1, 0.15) is 17.2 Å². The van der Waals surface area contributed by atoms with E-state index in [1.165, 1.54) is 16.0 Å². The van der Waals surface area contributed by atoms with Crippen LogP contribution >= 0.6 is 0 Å². The fourth-order valence-corrected chi connectivity index (χ4v) is 5.36. The number of aldehydes is 1. The van der Waals surface area contributed by atoms with E-state index in [2.05, 4.69) is 53.4 Å². The van der Waals surface area contributed by atoms with Crippen LogP contribution in [0, 0.1) is 0 Å². The first kappa shape index (κ1) is 19.9. The molecular weight excluding hydrogens is 386 g/mol. The number of nitrogens with zero attached hydrogens (tertiary/aromatic N) is 3. The molecule has 0 N–H and O–H groups in total. The summed E-state index contributed by atoms with van der Waals surface area (Å²) < 4.78 is 11.7. The van der Waals surface area contributed by atoms with E-state index in [1.807, 2.05) is 17.0 Å². The third kappa shape index (κ3) is 4.32. The second-order valence-electron chi connectivity index (χ2n) is 7.42. The first-order valence-corrected chi connectivity index (χ1v) is 11.3. The molecule has 0 aromatic heterocycles. The Hall–Kier alpha value is -2.35. The summed E-state index contributed by atoms with van der Waals surface area (Å²) in [4.78, 5) is 29.8. The molecule has 6 nitrogen and oxygen atoms in total. The fourth-order valence-electron chi connectivity index (χ4n) is 4.22. The van der Waals surface area contributed by atoms with E-state index < -0.39 is 17.0 Å². The van der Waals surface area contributed by atoms with Gasteiger partial charge in [0.05, 0.1) is 22.7 Å². The highest BCUT2D eigenvalue weighted by atomic mass is 32.2. The van der Waals surface area contributed by atoms with Gasteiger partial charge in [0, 0.05) is 26.2 Å². The van der Waals surface area contributed by atoms with Crippen LogP contribution in [-0.4, -0.2) is 75.1 Å². The van der Waals surface area contributed by atoms with Crippen molar-refractivity contribution in [1.29, 1.82) is 0 Å². The molecule has 2 atom stereocenters. The van der Waals surface area contributed by atoms with Crippen molar-refractivity contribution < 1.29 is 13.8 Å². The molecule has 1 amide bonds. The maximum Gasteiger partial charge on any atom is 0.237 e. The highest BCUT2D eigenvalue weighted by Crippen LogP contribution is 2.30. The Balaban J connectivity index is 1.50. The highest BCUT2D eigenvalue weighted by Gasteiger charge is 2.37. The first-order valence-electron chi connectivity index (χ1n) is 9.85. The SMILES string of the molecule is O=CC(N1CCN(C(c2ccccc2)c2ccccc2)CC1)N1CS(=O)CC1=O. The molecule has 0 spiro atoms. The zero-order chi connectivity index (χ0) is 20.2. The molecule has 2 unspecified atom stereocenters. The molecule has 7 heteroatoms. The van der Waals surface area contributed by atoms with Gasteiger partial charge in [-0.3, -0.25) is 23.6 Å². The number of hydrogen-bond donors (Lipinski definition) is 0. The Morgan fingerprint density at radius 2 is 1.34 bits per heavy atom. The summed E-state index contributed by atoms with van der Waals surface area (Å²) in [6.07, 6.45) is 0.185. The lowest BCUT2D eigenvalue weighted by atomic mass is 9.96. The summed E-state index contributed by atoms with van der Waals surface area (Å²) >= 11 is 0. The van der Waals surface area contributed by atoms with Crippen LogP contribution in [0.25, 0.3) is 0 Å². The quantitative estimate of drug-likeness (QED) is 0.674. The van der Waals surface area contributed by atoms with Gasteiger partial charge >= 0.3 is 0 Å². The summed E-state index contributed by atoms with van der Waals surface area (Å²) in [6, 6.07) is 21.0. The summed E-state index contributed by atoms with van der Waals surface area (Å²) in [5.41, 5.74) is 2.48. The van der Waals surface area contributed by atoms with Gasteiger partial charge in [-0.2, -0.15) is 0 Å². The van der Waals surface area contributed by atoms with Gasteiger partial charge in [-0.05, 0) is 11.1 Å². The second kappa shape index (κ2) is 8.98. The molecule has 29 heavy (non-hydrogen) atoms. The van der Waals surface area contributed by atoms with Gasteiger partial charge in [-0.1, -0.05) is 60.7 Å². The molecular formula is C22H25N3O3S. The number of carbonyl (C=O) groups is 2. The Morgan fingerprint density at radius 1 is 0.828 bits per heavy atom. The van der Waals surface area contributed by atoms with Gasteiger partial charge in [0.2, 0.25) is 5.91 Å². The van der Waals surface area contributed by atoms with Crippen LogP contribution in [-0.2, 0) is 20.4 Å². The second-order valence-corrected chi connectivity index (χ2v) is 8.85. The van der Waals surface area contributed by atoms with Crippen molar-refractivity contribution in [1.82, 2.24) is 14.7 Å². The van der Waals surface area contributed by atoms with Crippen LogP contribution in [0.5, 0.6) is 0 Å². The van der Waals surface area contributed by atoms with E-state index in [0.717, 1.165) is 19.4 Å². The number of amides is 1. The van der Waals surface area contributed by atoms with E-state index in [1.54, 1.807) is 0 Å². The van der Waals surface area contributed by atoms with E-state index >= 15 is 0 Å².